The van der Waals surface area contributed by atoms with Gasteiger partial charge in [0, 0.05) is 30.9 Å². The van der Waals surface area contributed by atoms with Gasteiger partial charge >= 0.3 is 5.97 Å². The number of aryl methyl sites for hydroxylation is 1. The predicted octanol–water partition coefficient (Wildman–Crippen LogP) is 1.86. The summed E-state index contributed by atoms with van der Waals surface area (Å²) in [6, 6.07) is 2.10. The van der Waals surface area contributed by atoms with Gasteiger partial charge < -0.3 is 10.0 Å². The van der Waals surface area contributed by atoms with Crippen molar-refractivity contribution in [1.29, 1.82) is 0 Å². The smallest absolute Gasteiger partial charge is 0.303 e. The van der Waals surface area contributed by atoms with E-state index >= 15 is 0 Å². The van der Waals surface area contributed by atoms with Crippen molar-refractivity contribution in [2.45, 2.75) is 39.7 Å². The molecule has 0 spiro atoms. The van der Waals surface area contributed by atoms with Gasteiger partial charge in [0.25, 0.3) is 0 Å². The van der Waals surface area contributed by atoms with Gasteiger partial charge in [0.05, 0.1) is 0 Å². The van der Waals surface area contributed by atoms with Gasteiger partial charge in [0.2, 0.25) is 5.95 Å². The number of carboxylic acids is 1. The first-order valence-corrected chi connectivity index (χ1v) is 5.79. The summed E-state index contributed by atoms with van der Waals surface area (Å²) < 4.78 is 0. The Labute approximate surface area is 102 Å². The lowest BCUT2D eigenvalue weighted by atomic mass is 10.2. The highest BCUT2D eigenvalue weighted by Gasteiger charge is 2.13. The molecular formula is C12H19N3O2. The van der Waals surface area contributed by atoms with E-state index in [0.29, 0.717) is 18.9 Å². The van der Waals surface area contributed by atoms with Gasteiger partial charge in [-0.05, 0) is 33.3 Å². The van der Waals surface area contributed by atoms with Crippen molar-refractivity contribution in [2.75, 3.05) is 11.4 Å². The maximum absolute atomic E-state index is 10.5. The molecule has 5 nitrogen and oxygen atoms in total. The van der Waals surface area contributed by atoms with E-state index in [2.05, 4.69) is 9.97 Å². The number of rotatable bonds is 6. The molecule has 1 aromatic rings. The molecule has 0 aliphatic carbocycles. The highest BCUT2D eigenvalue weighted by molar-refractivity contribution is 5.66. The Balaban J connectivity index is 2.69. The molecule has 0 bridgehead atoms. The molecule has 0 radical (unpaired) electrons. The zero-order valence-electron chi connectivity index (χ0n) is 10.6. The monoisotopic (exact) mass is 237 g/mol. The molecule has 0 aliphatic rings. The maximum atomic E-state index is 10.5. The van der Waals surface area contributed by atoms with Crippen molar-refractivity contribution in [1.82, 2.24) is 9.97 Å². The van der Waals surface area contributed by atoms with Crippen LogP contribution in [0.3, 0.4) is 0 Å². The summed E-state index contributed by atoms with van der Waals surface area (Å²) in [6.45, 7) is 6.67. The van der Waals surface area contributed by atoms with E-state index in [1.165, 1.54) is 0 Å². The fourth-order valence-corrected chi connectivity index (χ4v) is 1.56. The van der Waals surface area contributed by atoms with E-state index in [9.17, 15) is 4.79 Å². The van der Waals surface area contributed by atoms with Crippen LogP contribution >= 0.6 is 0 Å². The van der Waals surface area contributed by atoms with Crippen molar-refractivity contribution >= 4 is 11.9 Å². The largest absolute Gasteiger partial charge is 0.481 e. The summed E-state index contributed by atoms with van der Waals surface area (Å²) in [5.41, 5.74) is 0.916. The lowest BCUT2D eigenvalue weighted by Gasteiger charge is -2.26. The van der Waals surface area contributed by atoms with Crippen LogP contribution in [0.5, 0.6) is 0 Å². The van der Waals surface area contributed by atoms with Crippen LogP contribution in [0.1, 0.15) is 32.4 Å². The second kappa shape index (κ2) is 6.18. The van der Waals surface area contributed by atoms with E-state index < -0.39 is 5.97 Å². The third-order valence-corrected chi connectivity index (χ3v) is 2.45. The molecule has 0 unspecified atom stereocenters. The van der Waals surface area contributed by atoms with Crippen molar-refractivity contribution in [3.8, 4) is 0 Å². The lowest BCUT2D eigenvalue weighted by molar-refractivity contribution is -0.137. The Hall–Kier alpha value is -1.65. The third-order valence-electron chi connectivity index (χ3n) is 2.45. The van der Waals surface area contributed by atoms with Crippen LogP contribution in [0.4, 0.5) is 5.95 Å². The summed E-state index contributed by atoms with van der Waals surface area (Å²) in [4.78, 5) is 21.1. The molecule has 0 fully saturated rings. The number of anilines is 1. The molecular weight excluding hydrogens is 218 g/mol. The number of carboxylic acid groups (broad SMARTS) is 1. The first-order valence-electron chi connectivity index (χ1n) is 5.79. The van der Waals surface area contributed by atoms with Crippen LogP contribution in [0.25, 0.3) is 0 Å². The van der Waals surface area contributed by atoms with Crippen LogP contribution in [-0.2, 0) is 4.79 Å². The second-order valence-corrected chi connectivity index (χ2v) is 4.28. The number of hydrogen-bond donors (Lipinski definition) is 1. The molecule has 1 rings (SSSR count). The van der Waals surface area contributed by atoms with Gasteiger partial charge in [0.15, 0.2) is 0 Å². The Morgan fingerprint density at radius 3 is 2.76 bits per heavy atom. The maximum Gasteiger partial charge on any atom is 0.303 e. The molecule has 94 valence electrons. The van der Waals surface area contributed by atoms with Gasteiger partial charge in [-0.15, -0.1) is 0 Å². The standard InChI is InChI=1S/C12H19N3O2/c1-9(2)15(8-4-5-11(16)17)12-13-7-6-10(3)14-12/h6-7,9H,4-5,8H2,1-3H3,(H,16,17). The van der Waals surface area contributed by atoms with E-state index in [1.54, 1.807) is 6.20 Å². The molecule has 5 heteroatoms. The molecule has 1 N–H and O–H groups in total. The summed E-state index contributed by atoms with van der Waals surface area (Å²) in [5, 5.41) is 8.63. The number of carbonyl (C=O) groups is 1. The highest BCUT2D eigenvalue weighted by Crippen LogP contribution is 2.12. The average molecular weight is 237 g/mol. The third kappa shape index (κ3) is 4.38. The van der Waals surface area contributed by atoms with Crippen molar-refractivity contribution in [3.05, 3.63) is 18.0 Å². The molecule has 0 saturated heterocycles. The summed E-state index contributed by atoms with van der Waals surface area (Å²) in [6.07, 6.45) is 2.50. The Morgan fingerprint density at radius 2 is 2.24 bits per heavy atom. The fourth-order valence-electron chi connectivity index (χ4n) is 1.56. The normalized spacial score (nSPS) is 10.6. The first-order chi connectivity index (χ1) is 8.00. The molecule has 0 aromatic carbocycles. The Bertz CT molecular complexity index is 380. The number of hydrogen-bond acceptors (Lipinski definition) is 4. The van der Waals surface area contributed by atoms with E-state index in [0.717, 1.165) is 5.69 Å². The fraction of sp³-hybridized carbons (Fsp3) is 0.583. The van der Waals surface area contributed by atoms with Crippen LogP contribution in [-0.4, -0.2) is 33.6 Å². The average Bonchev–Trinajstić information content (AvgIpc) is 2.23. The van der Waals surface area contributed by atoms with Crippen LogP contribution in [0, 0.1) is 6.92 Å². The van der Waals surface area contributed by atoms with Gasteiger partial charge in [0.1, 0.15) is 0 Å². The number of aliphatic carboxylic acids is 1. The van der Waals surface area contributed by atoms with Gasteiger partial charge in [-0.3, -0.25) is 4.79 Å². The van der Waals surface area contributed by atoms with E-state index in [-0.39, 0.29) is 12.5 Å². The predicted molar refractivity (Wildman–Crippen MR) is 66.1 cm³/mol. The first kappa shape index (κ1) is 13.4. The minimum atomic E-state index is -0.765. The van der Waals surface area contributed by atoms with E-state index in [1.807, 2.05) is 31.7 Å². The zero-order chi connectivity index (χ0) is 12.8. The molecule has 0 atom stereocenters. The summed E-state index contributed by atoms with van der Waals surface area (Å²) in [7, 11) is 0. The van der Waals surface area contributed by atoms with Crippen LogP contribution in [0.15, 0.2) is 12.3 Å². The topological polar surface area (TPSA) is 66.3 Å². The van der Waals surface area contributed by atoms with Crippen molar-refractivity contribution in [2.24, 2.45) is 0 Å². The van der Waals surface area contributed by atoms with Gasteiger partial charge in [-0.1, -0.05) is 0 Å². The second-order valence-electron chi connectivity index (χ2n) is 4.28. The van der Waals surface area contributed by atoms with Gasteiger partial charge in [-0.2, -0.15) is 0 Å². The minimum Gasteiger partial charge on any atom is -0.481 e. The minimum absolute atomic E-state index is 0.176. The zero-order valence-corrected chi connectivity index (χ0v) is 10.6. The number of aromatic nitrogens is 2. The van der Waals surface area contributed by atoms with Gasteiger partial charge in [-0.25, -0.2) is 9.97 Å². The SMILES string of the molecule is Cc1ccnc(N(CCCC(=O)O)C(C)C)n1. The molecule has 0 aliphatic heterocycles. The van der Waals surface area contributed by atoms with Crippen LogP contribution < -0.4 is 4.90 Å². The summed E-state index contributed by atoms with van der Waals surface area (Å²) in [5.74, 6) is -0.0933. The molecule has 1 aromatic heterocycles. The Morgan fingerprint density at radius 1 is 1.53 bits per heavy atom. The lowest BCUT2D eigenvalue weighted by Crippen LogP contribution is -2.33. The van der Waals surface area contributed by atoms with Crippen molar-refractivity contribution < 1.29 is 9.90 Å². The van der Waals surface area contributed by atoms with Crippen molar-refractivity contribution in [3.63, 3.8) is 0 Å². The molecule has 0 amide bonds. The molecule has 17 heavy (non-hydrogen) atoms. The quantitative estimate of drug-likeness (QED) is 0.818. The molecule has 1 heterocycles. The van der Waals surface area contributed by atoms with E-state index in [4.69, 9.17) is 5.11 Å². The van der Waals surface area contributed by atoms with Crippen LogP contribution in [0.2, 0.25) is 0 Å². The Kier molecular flexibility index (Phi) is 4.87. The number of nitrogens with zero attached hydrogens (tertiary/aromatic N) is 3. The molecule has 0 saturated carbocycles. The highest BCUT2D eigenvalue weighted by atomic mass is 16.4. The summed E-state index contributed by atoms with van der Waals surface area (Å²) >= 11 is 0.